The Hall–Kier alpha value is -2.73. The lowest BCUT2D eigenvalue weighted by atomic mass is 9.76. The standard InChI is InChI=1S/C28H25Cl2N3OS/c1-17(32-33-27(34)16-35-20-12-10-19(29)11-13-20)18-9-14-26-24(15-18)21-6-4-7-22(21)28(31-26)23-5-2-3-8-25(23)30/h2-6,8-15,21-22,28,31H,7,16H2,1H3,(H,33,34)/b32-17-/t21-,22+,28-/m1/s1. The first-order valence-corrected chi connectivity index (χ1v) is 13.3. The fraction of sp³-hybridized carbons (Fsp3) is 0.214. The Bertz CT molecular complexity index is 1310. The number of benzene rings is 3. The highest BCUT2D eigenvalue weighted by Gasteiger charge is 2.38. The summed E-state index contributed by atoms with van der Waals surface area (Å²) < 4.78 is 0. The third-order valence-corrected chi connectivity index (χ3v) is 8.16. The molecule has 0 saturated heterocycles. The highest BCUT2D eigenvalue weighted by Crippen LogP contribution is 2.50. The van der Waals surface area contributed by atoms with Crippen LogP contribution in [0.4, 0.5) is 5.69 Å². The van der Waals surface area contributed by atoms with E-state index in [-0.39, 0.29) is 17.7 Å². The molecule has 2 N–H and O–H groups in total. The van der Waals surface area contributed by atoms with Gasteiger partial charge in [0.05, 0.1) is 17.5 Å². The summed E-state index contributed by atoms with van der Waals surface area (Å²) in [5, 5.41) is 9.56. The molecule has 35 heavy (non-hydrogen) atoms. The summed E-state index contributed by atoms with van der Waals surface area (Å²) in [7, 11) is 0. The molecule has 0 fully saturated rings. The molecule has 0 spiro atoms. The number of carbonyl (C=O) groups excluding carboxylic acids is 1. The quantitative estimate of drug-likeness (QED) is 0.153. The third-order valence-electron chi connectivity index (χ3n) is 6.55. The summed E-state index contributed by atoms with van der Waals surface area (Å²) >= 11 is 13.9. The maximum atomic E-state index is 12.3. The summed E-state index contributed by atoms with van der Waals surface area (Å²) in [6.07, 6.45) is 5.58. The van der Waals surface area contributed by atoms with Gasteiger partial charge in [-0.3, -0.25) is 4.79 Å². The summed E-state index contributed by atoms with van der Waals surface area (Å²) in [6.45, 7) is 1.92. The number of halogens is 2. The van der Waals surface area contributed by atoms with Gasteiger partial charge in [0.2, 0.25) is 5.91 Å². The van der Waals surface area contributed by atoms with Gasteiger partial charge in [-0.1, -0.05) is 59.6 Å². The summed E-state index contributed by atoms with van der Waals surface area (Å²) in [6, 6.07) is 22.0. The van der Waals surface area contributed by atoms with E-state index in [1.165, 1.54) is 17.3 Å². The average molecular weight is 523 g/mol. The fourth-order valence-electron chi connectivity index (χ4n) is 4.78. The second-order valence-corrected chi connectivity index (χ2v) is 10.7. The largest absolute Gasteiger partial charge is 0.378 e. The zero-order chi connectivity index (χ0) is 24.4. The molecule has 1 aliphatic heterocycles. The number of thioether (sulfide) groups is 1. The van der Waals surface area contributed by atoms with E-state index in [9.17, 15) is 4.79 Å². The van der Waals surface area contributed by atoms with E-state index >= 15 is 0 Å². The highest BCUT2D eigenvalue weighted by atomic mass is 35.5. The predicted octanol–water partition coefficient (Wildman–Crippen LogP) is 7.45. The fourth-order valence-corrected chi connectivity index (χ4v) is 5.85. The van der Waals surface area contributed by atoms with Crippen molar-refractivity contribution >= 4 is 52.3 Å². The van der Waals surface area contributed by atoms with Crippen molar-refractivity contribution in [1.29, 1.82) is 0 Å². The normalized spacial score (nSPS) is 20.7. The molecule has 1 amide bonds. The number of rotatable bonds is 6. The molecular formula is C28H25Cl2N3OS. The summed E-state index contributed by atoms with van der Waals surface area (Å²) in [5.74, 6) is 0.847. The van der Waals surface area contributed by atoms with E-state index in [0.29, 0.717) is 16.9 Å². The predicted molar refractivity (Wildman–Crippen MR) is 147 cm³/mol. The molecule has 0 radical (unpaired) electrons. The van der Waals surface area contributed by atoms with Crippen LogP contribution in [0.25, 0.3) is 0 Å². The first kappa shape index (κ1) is 24.0. The van der Waals surface area contributed by atoms with Crippen molar-refractivity contribution in [2.75, 3.05) is 11.1 Å². The smallest absolute Gasteiger partial charge is 0.250 e. The molecule has 3 aromatic rings. The van der Waals surface area contributed by atoms with Crippen LogP contribution in [-0.2, 0) is 4.79 Å². The van der Waals surface area contributed by atoms with Crippen molar-refractivity contribution in [3.63, 3.8) is 0 Å². The minimum Gasteiger partial charge on any atom is -0.378 e. The average Bonchev–Trinajstić information content (AvgIpc) is 3.37. The van der Waals surface area contributed by atoms with Gasteiger partial charge in [0.25, 0.3) is 0 Å². The van der Waals surface area contributed by atoms with Gasteiger partial charge < -0.3 is 5.32 Å². The van der Waals surface area contributed by atoms with Gasteiger partial charge in [0, 0.05) is 26.5 Å². The van der Waals surface area contributed by atoms with E-state index in [1.807, 2.05) is 55.5 Å². The first-order valence-electron chi connectivity index (χ1n) is 11.5. The number of amides is 1. The van der Waals surface area contributed by atoms with E-state index in [1.54, 1.807) is 0 Å². The van der Waals surface area contributed by atoms with E-state index in [4.69, 9.17) is 23.2 Å². The van der Waals surface area contributed by atoms with E-state index in [0.717, 1.165) is 38.9 Å². The molecule has 7 heteroatoms. The monoisotopic (exact) mass is 521 g/mol. The molecule has 1 aliphatic carbocycles. The number of allylic oxidation sites excluding steroid dienone is 2. The number of carbonyl (C=O) groups is 1. The third kappa shape index (κ3) is 5.27. The van der Waals surface area contributed by atoms with Gasteiger partial charge >= 0.3 is 0 Å². The van der Waals surface area contributed by atoms with Gasteiger partial charge in [-0.2, -0.15) is 5.10 Å². The minimum atomic E-state index is -0.148. The Morgan fingerprint density at radius 1 is 1.09 bits per heavy atom. The van der Waals surface area contributed by atoms with E-state index in [2.05, 4.69) is 46.2 Å². The molecule has 5 rings (SSSR count). The van der Waals surface area contributed by atoms with Crippen LogP contribution in [0.2, 0.25) is 10.0 Å². The topological polar surface area (TPSA) is 53.5 Å². The zero-order valence-electron chi connectivity index (χ0n) is 19.2. The second-order valence-electron chi connectivity index (χ2n) is 8.77. The number of hydrogen-bond donors (Lipinski definition) is 2. The van der Waals surface area contributed by atoms with E-state index < -0.39 is 0 Å². The molecule has 0 bridgehead atoms. The molecule has 0 aromatic heterocycles. The van der Waals surface area contributed by atoms with Gasteiger partial charge in [0.1, 0.15) is 0 Å². The summed E-state index contributed by atoms with van der Waals surface area (Å²) in [5.41, 5.74) is 7.95. The van der Waals surface area contributed by atoms with Gasteiger partial charge in [-0.25, -0.2) is 5.43 Å². The van der Waals surface area contributed by atoms with Crippen molar-refractivity contribution in [2.24, 2.45) is 11.0 Å². The molecule has 1 heterocycles. The number of anilines is 1. The van der Waals surface area contributed by atoms with Crippen LogP contribution in [0.5, 0.6) is 0 Å². The van der Waals surface area contributed by atoms with Gasteiger partial charge in [0.15, 0.2) is 0 Å². The SMILES string of the molecule is C/C(=N/NC(=O)CSc1ccc(Cl)cc1)c1ccc2c(c1)[C@@H]1C=CC[C@@H]1[C@H](c1ccccc1Cl)N2. The maximum Gasteiger partial charge on any atom is 0.250 e. The number of fused-ring (bicyclic) bond motifs is 3. The maximum absolute atomic E-state index is 12.3. The molecule has 4 nitrogen and oxygen atoms in total. The van der Waals surface area contributed by atoms with Gasteiger partial charge in [-0.05, 0) is 78.4 Å². The van der Waals surface area contributed by atoms with Crippen molar-refractivity contribution in [3.8, 4) is 0 Å². The Labute approximate surface area is 219 Å². The van der Waals surface area contributed by atoms with Crippen LogP contribution in [0.1, 0.15) is 42.0 Å². The number of hydrogen-bond acceptors (Lipinski definition) is 4. The molecule has 0 saturated carbocycles. The minimum absolute atomic E-state index is 0.148. The van der Waals surface area contributed by atoms with Crippen molar-refractivity contribution in [2.45, 2.75) is 30.2 Å². The summed E-state index contributed by atoms with van der Waals surface area (Å²) in [4.78, 5) is 13.3. The van der Waals surface area contributed by atoms with Crippen LogP contribution in [0.3, 0.4) is 0 Å². The van der Waals surface area contributed by atoms with Crippen LogP contribution in [0, 0.1) is 5.92 Å². The second kappa shape index (κ2) is 10.5. The first-order chi connectivity index (χ1) is 17.0. The Morgan fingerprint density at radius 3 is 2.69 bits per heavy atom. The highest BCUT2D eigenvalue weighted by molar-refractivity contribution is 8.00. The van der Waals surface area contributed by atoms with Crippen molar-refractivity contribution < 1.29 is 4.79 Å². The molecule has 178 valence electrons. The Morgan fingerprint density at radius 2 is 1.89 bits per heavy atom. The number of nitrogens with zero attached hydrogens (tertiary/aromatic N) is 1. The molecule has 2 aliphatic rings. The Kier molecular flexibility index (Phi) is 7.19. The lowest BCUT2D eigenvalue weighted by molar-refractivity contribution is -0.118. The molecule has 0 unspecified atom stereocenters. The molecule has 3 aromatic carbocycles. The number of hydrazone groups is 1. The van der Waals surface area contributed by atoms with Crippen LogP contribution < -0.4 is 10.7 Å². The van der Waals surface area contributed by atoms with Crippen LogP contribution in [0.15, 0.2) is 88.9 Å². The molecule has 3 atom stereocenters. The van der Waals surface area contributed by atoms with Crippen molar-refractivity contribution in [1.82, 2.24) is 5.43 Å². The lowest BCUT2D eigenvalue weighted by Crippen LogP contribution is -2.29. The lowest BCUT2D eigenvalue weighted by Gasteiger charge is -2.38. The Balaban J connectivity index is 1.29. The number of nitrogens with one attached hydrogen (secondary N) is 2. The van der Waals surface area contributed by atoms with Crippen LogP contribution in [-0.4, -0.2) is 17.4 Å². The van der Waals surface area contributed by atoms with Crippen molar-refractivity contribution in [3.05, 3.63) is 106 Å². The molecular weight excluding hydrogens is 497 g/mol. The van der Waals surface area contributed by atoms with Crippen LogP contribution >= 0.6 is 35.0 Å². The zero-order valence-corrected chi connectivity index (χ0v) is 21.5. The van der Waals surface area contributed by atoms with Gasteiger partial charge in [-0.15, -0.1) is 11.8 Å².